The number of benzene rings is 1. The Labute approximate surface area is 87.9 Å². The van der Waals surface area contributed by atoms with Crippen LogP contribution in [0.5, 0.6) is 0 Å². The first-order valence-corrected chi connectivity index (χ1v) is 4.84. The Kier molecular flexibility index (Phi) is 2.74. The molecule has 2 rings (SSSR count). The average molecular weight is 200 g/mol. The van der Waals surface area contributed by atoms with Gasteiger partial charge in [-0.15, -0.1) is 0 Å². The van der Waals surface area contributed by atoms with E-state index in [2.05, 4.69) is 4.98 Å². The Morgan fingerprint density at radius 3 is 2.80 bits per heavy atom. The number of carbonyl (C=O) groups excluding carboxylic acids is 1. The molecule has 0 spiro atoms. The molecule has 1 aromatic carbocycles. The molecule has 0 saturated carbocycles. The number of nitrogens with zero attached hydrogens (tertiary/aromatic N) is 1. The van der Waals surface area contributed by atoms with E-state index in [0.717, 1.165) is 22.8 Å². The van der Waals surface area contributed by atoms with Crippen molar-refractivity contribution in [3.05, 3.63) is 42.2 Å². The van der Waals surface area contributed by atoms with E-state index in [1.165, 1.54) is 0 Å². The number of hydrogen-bond donors (Lipinski definition) is 1. The van der Waals surface area contributed by atoms with E-state index in [0.29, 0.717) is 6.42 Å². The van der Waals surface area contributed by atoms with Crippen LogP contribution < -0.4 is 5.73 Å². The van der Waals surface area contributed by atoms with Gasteiger partial charge in [-0.05, 0) is 11.5 Å². The molecule has 0 saturated heterocycles. The molecule has 1 aromatic heterocycles. The largest absolute Gasteiger partial charge is 0.321 e. The summed E-state index contributed by atoms with van der Waals surface area (Å²) in [4.78, 5) is 14.7. The zero-order valence-corrected chi connectivity index (χ0v) is 8.26. The Bertz CT molecular complexity index is 482. The first-order valence-electron chi connectivity index (χ1n) is 4.84. The van der Waals surface area contributed by atoms with Crippen LogP contribution >= 0.6 is 0 Å². The summed E-state index contributed by atoms with van der Waals surface area (Å²) < 4.78 is 0. The topological polar surface area (TPSA) is 56.0 Å². The Balaban J connectivity index is 2.34. The standard InChI is InChI=1S/C12H12N2O/c13-11(8-15)6-12-5-9-3-1-2-4-10(9)7-14-12/h1-5,7-8,11H,6,13H2. The minimum atomic E-state index is -0.460. The maximum atomic E-state index is 10.4. The quantitative estimate of drug-likeness (QED) is 0.760. The van der Waals surface area contributed by atoms with Gasteiger partial charge in [0.2, 0.25) is 0 Å². The number of aromatic nitrogens is 1. The molecule has 1 unspecified atom stereocenters. The highest BCUT2D eigenvalue weighted by Crippen LogP contribution is 2.13. The van der Waals surface area contributed by atoms with Gasteiger partial charge in [0, 0.05) is 23.7 Å². The van der Waals surface area contributed by atoms with Crippen molar-refractivity contribution in [3.8, 4) is 0 Å². The number of fused-ring (bicyclic) bond motifs is 1. The fourth-order valence-corrected chi connectivity index (χ4v) is 1.53. The second kappa shape index (κ2) is 4.19. The van der Waals surface area contributed by atoms with Crippen LogP contribution in [-0.2, 0) is 11.2 Å². The minimum absolute atomic E-state index is 0.460. The number of rotatable bonds is 3. The fourth-order valence-electron chi connectivity index (χ4n) is 1.53. The third kappa shape index (κ3) is 2.19. The molecule has 0 aliphatic heterocycles. The maximum Gasteiger partial charge on any atom is 0.137 e. The summed E-state index contributed by atoms with van der Waals surface area (Å²) in [5, 5.41) is 2.22. The number of pyridine rings is 1. The lowest BCUT2D eigenvalue weighted by Gasteiger charge is -2.04. The fraction of sp³-hybridized carbons (Fsp3) is 0.167. The number of nitrogens with two attached hydrogens (primary N) is 1. The van der Waals surface area contributed by atoms with Crippen LogP contribution in [0.4, 0.5) is 0 Å². The van der Waals surface area contributed by atoms with Gasteiger partial charge in [0.1, 0.15) is 6.29 Å². The van der Waals surface area contributed by atoms with Gasteiger partial charge in [-0.25, -0.2) is 0 Å². The van der Waals surface area contributed by atoms with Crippen molar-refractivity contribution in [2.24, 2.45) is 5.73 Å². The van der Waals surface area contributed by atoms with Gasteiger partial charge < -0.3 is 10.5 Å². The summed E-state index contributed by atoms with van der Waals surface area (Å²) in [7, 11) is 0. The lowest BCUT2D eigenvalue weighted by Crippen LogP contribution is -2.24. The van der Waals surface area contributed by atoms with Gasteiger partial charge >= 0.3 is 0 Å². The van der Waals surface area contributed by atoms with Crippen LogP contribution in [0.15, 0.2) is 36.5 Å². The van der Waals surface area contributed by atoms with E-state index in [4.69, 9.17) is 5.73 Å². The minimum Gasteiger partial charge on any atom is -0.321 e. The lowest BCUT2D eigenvalue weighted by atomic mass is 10.1. The molecule has 0 aliphatic rings. The Hall–Kier alpha value is -1.74. The van der Waals surface area contributed by atoms with Crippen molar-refractivity contribution < 1.29 is 4.79 Å². The highest BCUT2D eigenvalue weighted by Gasteiger charge is 2.03. The molecule has 2 N–H and O–H groups in total. The van der Waals surface area contributed by atoms with E-state index < -0.39 is 6.04 Å². The Morgan fingerprint density at radius 2 is 2.07 bits per heavy atom. The third-order valence-electron chi connectivity index (χ3n) is 2.31. The molecule has 0 amide bonds. The molecule has 76 valence electrons. The van der Waals surface area contributed by atoms with Gasteiger partial charge in [-0.3, -0.25) is 4.98 Å². The highest BCUT2D eigenvalue weighted by molar-refractivity contribution is 5.81. The smallest absolute Gasteiger partial charge is 0.137 e. The highest BCUT2D eigenvalue weighted by atomic mass is 16.1. The van der Waals surface area contributed by atoms with Crippen LogP contribution in [0.25, 0.3) is 10.8 Å². The average Bonchev–Trinajstić information content (AvgIpc) is 2.29. The van der Waals surface area contributed by atoms with E-state index >= 15 is 0 Å². The first kappa shape index (κ1) is 9.80. The van der Waals surface area contributed by atoms with Crippen LogP contribution in [0.1, 0.15) is 5.69 Å². The van der Waals surface area contributed by atoms with Crippen molar-refractivity contribution in [3.63, 3.8) is 0 Å². The molecular weight excluding hydrogens is 188 g/mol. The molecule has 15 heavy (non-hydrogen) atoms. The SMILES string of the molecule is NC(C=O)Cc1cc2ccccc2cn1. The molecule has 2 aromatic rings. The predicted octanol–water partition coefficient (Wildman–Crippen LogP) is 1.30. The molecule has 1 heterocycles. The summed E-state index contributed by atoms with van der Waals surface area (Å²) in [6, 6.07) is 9.49. The molecule has 0 fully saturated rings. The predicted molar refractivity (Wildman–Crippen MR) is 59.5 cm³/mol. The van der Waals surface area contributed by atoms with E-state index in [-0.39, 0.29) is 0 Å². The number of carbonyl (C=O) groups is 1. The molecule has 0 aliphatic carbocycles. The zero-order valence-electron chi connectivity index (χ0n) is 8.26. The third-order valence-corrected chi connectivity index (χ3v) is 2.31. The van der Waals surface area contributed by atoms with Crippen molar-refractivity contribution in [1.29, 1.82) is 0 Å². The molecule has 3 heteroatoms. The van der Waals surface area contributed by atoms with Crippen LogP contribution in [0, 0.1) is 0 Å². The normalized spacial score (nSPS) is 12.6. The summed E-state index contributed by atoms with van der Waals surface area (Å²) in [6.45, 7) is 0. The van der Waals surface area contributed by atoms with E-state index in [1.54, 1.807) is 0 Å². The number of aldehydes is 1. The van der Waals surface area contributed by atoms with Gasteiger partial charge in [-0.1, -0.05) is 24.3 Å². The van der Waals surface area contributed by atoms with E-state index in [9.17, 15) is 4.79 Å². The van der Waals surface area contributed by atoms with Crippen LogP contribution in [0.2, 0.25) is 0 Å². The summed E-state index contributed by atoms with van der Waals surface area (Å²) in [5.74, 6) is 0. The van der Waals surface area contributed by atoms with Gasteiger partial charge in [0.25, 0.3) is 0 Å². The number of hydrogen-bond acceptors (Lipinski definition) is 3. The van der Waals surface area contributed by atoms with Gasteiger partial charge in [0.05, 0.1) is 6.04 Å². The second-order valence-corrected chi connectivity index (χ2v) is 3.53. The van der Waals surface area contributed by atoms with E-state index in [1.807, 2.05) is 36.5 Å². The van der Waals surface area contributed by atoms with Crippen molar-refractivity contribution >= 4 is 17.1 Å². The Morgan fingerprint density at radius 1 is 1.33 bits per heavy atom. The molecule has 3 nitrogen and oxygen atoms in total. The molecular formula is C12H12N2O. The van der Waals surface area contributed by atoms with Gasteiger partial charge in [-0.2, -0.15) is 0 Å². The summed E-state index contributed by atoms with van der Waals surface area (Å²) in [6.07, 6.45) is 3.05. The monoisotopic (exact) mass is 200 g/mol. The van der Waals surface area contributed by atoms with Crippen molar-refractivity contribution in [2.75, 3.05) is 0 Å². The second-order valence-electron chi connectivity index (χ2n) is 3.53. The van der Waals surface area contributed by atoms with Gasteiger partial charge in [0.15, 0.2) is 0 Å². The van der Waals surface area contributed by atoms with Crippen molar-refractivity contribution in [2.45, 2.75) is 12.5 Å². The van der Waals surface area contributed by atoms with Crippen LogP contribution in [-0.4, -0.2) is 17.3 Å². The molecule has 1 atom stereocenters. The first-order chi connectivity index (χ1) is 7.29. The molecule has 0 bridgehead atoms. The molecule has 0 radical (unpaired) electrons. The van der Waals surface area contributed by atoms with Crippen LogP contribution in [0.3, 0.4) is 0 Å². The lowest BCUT2D eigenvalue weighted by molar-refractivity contribution is -0.108. The zero-order chi connectivity index (χ0) is 10.7. The maximum absolute atomic E-state index is 10.4. The summed E-state index contributed by atoms with van der Waals surface area (Å²) >= 11 is 0. The van der Waals surface area contributed by atoms with Crippen molar-refractivity contribution in [1.82, 2.24) is 4.98 Å². The summed E-state index contributed by atoms with van der Waals surface area (Å²) in [5.41, 5.74) is 6.40.